The van der Waals surface area contributed by atoms with Crippen molar-refractivity contribution in [2.24, 2.45) is 23.2 Å². The predicted molar refractivity (Wildman–Crippen MR) is 182 cm³/mol. The molecule has 2 fully saturated rings. The number of nitrogens with one attached hydrogen (secondary N) is 1. The number of hydrogen-bond donors (Lipinski definition) is 1. The summed E-state index contributed by atoms with van der Waals surface area (Å²) in [6, 6.07) is 19.8. The van der Waals surface area contributed by atoms with Crippen LogP contribution in [0.1, 0.15) is 50.7 Å². The summed E-state index contributed by atoms with van der Waals surface area (Å²) in [4.78, 5) is 43.9. The Hall–Kier alpha value is -4.37. The number of ether oxygens (including phenoxy) is 4. The highest BCUT2D eigenvalue weighted by atomic mass is 16.5. The van der Waals surface area contributed by atoms with Crippen LogP contribution in [-0.2, 0) is 36.8 Å². The zero-order valence-corrected chi connectivity index (χ0v) is 28.5. The van der Waals surface area contributed by atoms with Crippen LogP contribution < -0.4 is 14.8 Å². The number of rotatable bonds is 12. The molecule has 9 nitrogen and oxygen atoms in total. The Morgan fingerprint density at radius 3 is 2.46 bits per heavy atom. The average molecular weight is 655 g/mol. The molecule has 48 heavy (non-hydrogen) atoms. The minimum atomic E-state index is -1.20. The van der Waals surface area contributed by atoms with Crippen LogP contribution in [0.25, 0.3) is 10.8 Å². The van der Waals surface area contributed by atoms with Crippen LogP contribution in [0.4, 0.5) is 0 Å². The quantitative estimate of drug-likeness (QED) is 0.245. The molecule has 2 heterocycles. The summed E-state index contributed by atoms with van der Waals surface area (Å²) >= 11 is 0. The monoisotopic (exact) mass is 654 g/mol. The van der Waals surface area contributed by atoms with Gasteiger partial charge in [-0.2, -0.15) is 0 Å². The molecule has 3 aromatic rings. The molecule has 2 aliphatic heterocycles. The fraction of sp³-hybridized carbons (Fsp3) is 0.462. The normalized spacial score (nSPS) is 23.8. The van der Waals surface area contributed by atoms with Crippen molar-refractivity contribution < 1.29 is 33.3 Å². The van der Waals surface area contributed by atoms with E-state index in [4.69, 9.17) is 18.9 Å². The first-order chi connectivity index (χ1) is 23.2. The zero-order valence-electron chi connectivity index (χ0n) is 28.5. The number of esters is 1. The molecule has 3 aliphatic rings. The van der Waals surface area contributed by atoms with Gasteiger partial charge in [0, 0.05) is 31.1 Å². The van der Waals surface area contributed by atoms with Crippen LogP contribution in [0.5, 0.6) is 11.5 Å². The molecule has 0 bridgehead atoms. The van der Waals surface area contributed by atoms with Crippen molar-refractivity contribution in [3.8, 4) is 11.5 Å². The van der Waals surface area contributed by atoms with Gasteiger partial charge in [0.25, 0.3) is 0 Å². The fourth-order valence-corrected chi connectivity index (χ4v) is 7.49. The molecule has 0 aromatic heterocycles. The third kappa shape index (κ3) is 6.40. The summed E-state index contributed by atoms with van der Waals surface area (Å²) < 4.78 is 23.2. The molecular formula is C39H46N2O7. The van der Waals surface area contributed by atoms with Crippen LogP contribution in [0, 0.1) is 23.2 Å². The van der Waals surface area contributed by atoms with Gasteiger partial charge in [0.2, 0.25) is 11.8 Å². The minimum Gasteiger partial charge on any atom is -0.493 e. The smallest absolute Gasteiger partial charge is 0.320 e. The minimum absolute atomic E-state index is 0.0481. The van der Waals surface area contributed by atoms with Crippen LogP contribution in [0.2, 0.25) is 0 Å². The van der Waals surface area contributed by atoms with Crippen molar-refractivity contribution in [3.63, 3.8) is 0 Å². The molecule has 0 radical (unpaired) electrons. The van der Waals surface area contributed by atoms with E-state index in [2.05, 4.69) is 19.2 Å². The van der Waals surface area contributed by atoms with Crippen molar-refractivity contribution in [2.75, 3.05) is 27.9 Å². The van der Waals surface area contributed by atoms with E-state index in [0.29, 0.717) is 36.7 Å². The number of carbonyl (C=O) groups is 3. The highest BCUT2D eigenvalue weighted by Gasteiger charge is 2.63. The third-order valence-corrected chi connectivity index (χ3v) is 10.2. The molecule has 0 spiro atoms. The number of likely N-dealkylation sites (tertiary alicyclic amines) is 1. The lowest BCUT2D eigenvalue weighted by atomic mass is 9.64. The summed E-state index contributed by atoms with van der Waals surface area (Å²) in [5.74, 6) is -0.0333. The molecule has 1 aliphatic carbocycles. The lowest BCUT2D eigenvalue weighted by molar-refractivity contribution is -0.182. The first-order valence-corrected chi connectivity index (χ1v) is 16.9. The van der Waals surface area contributed by atoms with E-state index in [-0.39, 0.29) is 42.6 Å². The van der Waals surface area contributed by atoms with Gasteiger partial charge < -0.3 is 29.2 Å². The van der Waals surface area contributed by atoms with Gasteiger partial charge in [-0.15, -0.1) is 0 Å². The van der Waals surface area contributed by atoms with E-state index in [1.807, 2.05) is 66.7 Å². The molecule has 254 valence electrons. The van der Waals surface area contributed by atoms with Gasteiger partial charge in [0.15, 0.2) is 11.5 Å². The second kappa shape index (κ2) is 14.0. The largest absolute Gasteiger partial charge is 0.493 e. The van der Waals surface area contributed by atoms with Crippen molar-refractivity contribution >= 4 is 28.6 Å². The molecule has 0 unspecified atom stereocenters. The topological polar surface area (TPSA) is 103 Å². The molecule has 4 atom stereocenters. The van der Waals surface area contributed by atoms with E-state index in [1.54, 1.807) is 19.1 Å². The van der Waals surface area contributed by atoms with Crippen molar-refractivity contribution in [1.29, 1.82) is 0 Å². The summed E-state index contributed by atoms with van der Waals surface area (Å²) in [6.07, 6.45) is 3.74. The number of benzene rings is 3. The SMILES string of the molecule is COC(=O)[C@]12C[C@H](CC(=O)NCc3cccc4ccccc34)C(=O)N(CCc3ccc(OC)c(OC)c3)C1=C[C@H](C(C)C)O[C@@H]2C1CC1. The highest BCUT2D eigenvalue weighted by Crippen LogP contribution is 2.56. The first-order valence-electron chi connectivity index (χ1n) is 16.9. The number of methoxy groups -OCH3 is 3. The Labute approximate surface area is 282 Å². The predicted octanol–water partition coefficient (Wildman–Crippen LogP) is 5.83. The van der Waals surface area contributed by atoms with E-state index in [1.165, 1.54) is 7.11 Å². The fourth-order valence-electron chi connectivity index (χ4n) is 7.49. The maximum atomic E-state index is 14.5. The molecular weight excluding hydrogens is 608 g/mol. The lowest BCUT2D eigenvalue weighted by Gasteiger charge is -2.53. The van der Waals surface area contributed by atoms with Crippen LogP contribution >= 0.6 is 0 Å². The molecule has 1 saturated heterocycles. The standard InChI is InChI=1S/C39H46N2O7/c1-24(2)32-21-34-39(38(44)47-5,36(48-32)27-14-15-27)22-29(20-35(42)40-23-28-11-8-10-26-9-6-7-12-30(26)28)37(43)41(34)18-17-25-13-16-31(45-3)33(19-25)46-4/h6-13,16,19,21,24,27,29,32,36H,14-15,17-18,20,22-23H2,1-5H3,(H,40,42)/t29-,32+,36+,39+/m0/s1. The second-order valence-electron chi connectivity index (χ2n) is 13.6. The number of amides is 2. The van der Waals surface area contributed by atoms with E-state index >= 15 is 0 Å². The van der Waals surface area contributed by atoms with E-state index in [9.17, 15) is 14.4 Å². The summed E-state index contributed by atoms with van der Waals surface area (Å²) in [7, 11) is 4.57. The van der Waals surface area contributed by atoms with Crippen molar-refractivity contribution in [3.05, 3.63) is 83.6 Å². The molecule has 6 rings (SSSR count). The first kappa shape index (κ1) is 33.5. The van der Waals surface area contributed by atoms with Gasteiger partial charge in [-0.3, -0.25) is 14.4 Å². The molecule has 9 heteroatoms. The maximum Gasteiger partial charge on any atom is 0.320 e. The maximum absolute atomic E-state index is 14.5. The molecule has 1 N–H and O–H groups in total. The summed E-state index contributed by atoms with van der Waals surface area (Å²) in [6.45, 7) is 4.81. The van der Waals surface area contributed by atoms with Gasteiger partial charge in [-0.1, -0.05) is 62.4 Å². The van der Waals surface area contributed by atoms with Gasteiger partial charge in [0.1, 0.15) is 5.41 Å². The van der Waals surface area contributed by atoms with Gasteiger partial charge in [-0.25, -0.2) is 0 Å². The zero-order chi connectivity index (χ0) is 34.0. The number of carbonyl (C=O) groups excluding carboxylic acids is 3. The van der Waals surface area contributed by atoms with Crippen molar-refractivity contribution in [1.82, 2.24) is 10.2 Å². The Kier molecular flexibility index (Phi) is 9.78. The average Bonchev–Trinajstić information content (AvgIpc) is 3.95. The molecule has 3 aromatic carbocycles. The number of hydrogen-bond acceptors (Lipinski definition) is 7. The van der Waals surface area contributed by atoms with Gasteiger partial charge >= 0.3 is 5.97 Å². The Morgan fingerprint density at radius 2 is 1.75 bits per heavy atom. The Morgan fingerprint density at radius 1 is 1.00 bits per heavy atom. The Bertz CT molecular complexity index is 1710. The highest BCUT2D eigenvalue weighted by molar-refractivity contribution is 5.93. The van der Waals surface area contributed by atoms with Gasteiger partial charge in [0.05, 0.1) is 33.5 Å². The van der Waals surface area contributed by atoms with E-state index in [0.717, 1.165) is 34.7 Å². The van der Waals surface area contributed by atoms with E-state index < -0.39 is 23.4 Å². The lowest BCUT2D eigenvalue weighted by Crippen LogP contribution is -2.62. The summed E-state index contributed by atoms with van der Waals surface area (Å²) in [5, 5.41) is 5.22. The van der Waals surface area contributed by atoms with Crippen LogP contribution in [0.15, 0.2) is 72.4 Å². The number of nitrogens with zero attached hydrogens (tertiary/aromatic N) is 1. The molecule has 1 saturated carbocycles. The van der Waals surface area contributed by atoms with Gasteiger partial charge in [-0.05, 0) is 77.6 Å². The molecule has 2 amide bonds. The Balaban J connectivity index is 1.32. The second-order valence-corrected chi connectivity index (χ2v) is 13.6. The van der Waals surface area contributed by atoms with Crippen LogP contribution in [-0.4, -0.2) is 62.8 Å². The third-order valence-electron chi connectivity index (χ3n) is 10.2. The van der Waals surface area contributed by atoms with Crippen LogP contribution in [0.3, 0.4) is 0 Å². The number of fused-ring (bicyclic) bond motifs is 2. The summed E-state index contributed by atoms with van der Waals surface area (Å²) in [5.41, 5.74) is 1.39. The van der Waals surface area contributed by atoms with Crippen molar-refractivity contribution in [2.45, 2.75) is 64.7 Å². The number of piperidine rings is 1.